The number of esters is 1. The predicted molar refractivity (Wildman–Crippen MR) is 114 cm³/mol. The predicted octanol–water partition coefficient (Wildman–Crippen LogP) is 5.48. The number of benzene rings is 3. The van der Waals surface area contributed by atoms with E-state index in [-0.39, 0.29) is 11.9 Å². The van der Waals surface area contributed by atoms with Crippen molar-refractivity contribution in [3.63, 3.8) is 0 Å². The second-order valence-corrected chi connectivity index (χ2v) is 7.15. The van der Waals surface area contributed by atoms with Crippen LogP contribution < -0.4 is 0 Å². The number of ether oxygens (including phenoxy) is 1. The van der Waals surface area contributed by atoms with Gasteiger partial charge in [0.15, 0.2) is 6.10 Å². The highest BCUT2D eigenvalue weighted by molar-refractivity contribution is 5.82. The van der Waals surface area contributed by atoms with Gasteiger partial charge in [-0.25, -0.2) is 0 Å². The van der Waals surface area contributed by atoms with Crippen LogP contribution in [-0.4, -0.2) is 16.2 Å². The van der Waals surface area contributed by atoms with Crippen LogP contribution in [0.4, 0.5) is 0 Å². The zero-order valence-corrected chi connectivity index (χ0v) is 16.9. The summed E-state index contributed by atoms with van der Waals surface area (Å²) in [5, 5.41) is 8.20. The molecule has 0 saturated carbocycles. The first-order valence-electron chi connectivity index (χ1n) is 9.82. The van der Waals surface area contributed by atoms with Gasteiger partial charge < -0.3 is 9.15 Å². The van der Waals surface area contributed by atoms with Crippen molar-refractivity contribution < 1.29 is 13.9 Å². The van der Waals surface area contributed by atoms with Crippen LogP contribution in [-0.2, 0) is 9.53 Å². The van der Waals surface area contributed by atoms with E-state index in [1.54, 1.807) is 6.92 Å². The van der Waals surface area contributed by atoms with Crippen molar-refractivity contribution >= 4 is 5.97 Å². The van der Waals surface area contributed by atoms with E-state index in [1.165, 1.54) is 0 Å². The first kappa shape index (κ1) is 19.6. The maximum Gasteiger partial charge on any atom is 0.318 e. The van der Waals surface area contributed by atoms with Crippen molar-refractivity contribution in [2.45, 2.75) is 25.9 Å². The number of nitrogens with zero attached hydrogens (tertiary/aromatic N) is 2. The molecule has 30 heavy (non-hydrogen) atoms. The minimum Gasteiger partial charge on any atom is -0.452 e. The minimum absolute atomic E-state index is 0.264. The van der Waals surface area contributed by atoms with Crippen LogP contribution in [0.3, 0.4) is 0 Å². The highest BCUT2D eigenvalue weighted by atomic mass is 16.6. The summed E-state index contributed by atoms with van der Waals surface area (Å²) in [6.45, 7) is 3.73. The van der Waals surface area contributed by atoms with Crippen molar-refractivity contribution in [2.24, 2.45) is 0 Å². The maximum absolute atomic E-state index is 13.1. The Bertz CT molecular complexity index is 1080. The lowest BCUT2D eigenvalue weighted by Crippen LogP contribution is -2.19. The van der Waals surface area contributed by atoms with Crippen molar-refractivity contribution in [1.82, 2.24) is 10.2 Å². The SMILES string of the molecule is Cc1cccc(-c2nnc([C@H](C)OC(=O)C(c3ccccc3)c3ccccc3)o2)c1. The van der Waals surface area contributed by atoms with Crippen molar-refractivity contribution in [3.05, 3.63) is 108 Å². The zero-order chi connectivity index (χ0) is 20.9. The zero-order valence-electron chi connectivity index (χ0n) is 16.9. The third kappa shape index (κ3) is 4.30. The van der Waals surface area contributed by atoms with Crippen molar-refractivity contribution in [3.8, 4) is 11.5 Å². The molecule has 3 aromatic carbocycles. The van der Waals surface area contributed by atoms with Gasteiger partial charge in [0.2, 0.25) is 5.89 Å². The highest BCUT2D eigenvalue weighted by Crippen LogP contribution is 2.29. The number of carbonyl (C=O) groups is 1. The minimum atomic E-state index is -0.668. The monoisotopic (exact) mass is 398 g/mol. The van der Waals surface area contributed by atoms with Crippen LogP contribution in [0.2, 0.25) is 0 Å². The van der Waals surface area contributed by atoms with Gasteiger partial charge in [0.05, 0.1) is 0 Å². The van der Waals surface area contributed by atoms with E-state index in [1.807, 2.05) is 91.9 Å². The molecule has 1 aromatic heterocycles. The third-order valence-corrected chi connectivity index (χ3v) is 4.85. The molecule has 0 radical (unpaired) electrons. The molecule has 0 spiro atoms. The molecule has 0 aliphatic heterocycles. The molecule has 5 nitrogen and oxygen atoms in total. The van der Waals surface area contributed by atoms with Gasteiger partial charge in [0.25, 0.3) is 5.89 Å². The second-order valence-electron chi connectivity index (χ2n) is 7.15. The topological polar surface area (TPSA) is 65.2 Å². The molecular weight excluding hydrogens is 376 g/mol. The molecule has 1 atom stereocenters. The summed E-state index contributed by atoms with van der Waals surface area (Å²) >= 11 is 0. The molecule has 0 aliphatic carbocycles. The van der Waals surface area contributed by atoms with E-state index in [0.717, 1.165) is 22.3 Å². The van der Waals surface area contributed by atoms with Gasteiger partial charge in [-0.3, -0.25) is 4.79 Å². The Kier molecular flexibility index (Phi) is 5.70. The normalized spacial score (nSPS) is 12.0. The number of aryl methyl sites for hydroxylation is 1. The Morgan fingerprint density at radius 3 is 2.10 bits per heavy atom. The number of hydrogen-bond donors (Lipinski definition) is 0. The summed E-state index contributed by atoms with van der Waals surface area (Å²) in [4.78, 5) is 13.1. The van der Waals surface area contributed by atoms with Crippen LogP contribution in [0.1, 0.15) is 41.5 Å². The Morgan fingerprint density at radius 2 is 1.50 bits per heavy atom. The fraction of sp³-hybridized carbons (Fsp3) is 0.160. The standard InChI is InChI=1S/C25H22N2O3/c1-17-10-9-15-21(16-17)24-27-26-23(30-24)18(2)29-25(28)22(19-11-5-3-6-12-19)20-13-7-4-8-14-20/h3-16,18,22H,1-2H3/t18-/m0/s1. The number of aromatic nitrogens is 2. The van der Waals surface area contributed by atoms with E-state index >= 15 is 0 Å². The lowest BCUT2D eigenvalue weighted by atomic mass is 9.91. The highest BCUT2D eigenvalue weighted by Gasteiger charge is 2.28. The molecule has 0 bridgehead atoms. The summed E-state index contributed by atoms with van der Waals surface area (Å²) in [6, 6.07) is 27.0. The van der Waals surface area contributed by atoms with E-state index in [4.69, 9.17) is 9.15 Å². The molecule has 1 heterocycles. The average molecular weight is 398 g/mol. The molecular formula is C25H22N2O3. The fourth-order valence-electron chi connectivity index (χ4n) is 3.34. The van der Waals surface area contributed by atoms with Crippen molar-refractivity contribution in [1.29, 1.82) is 0 Å². The van der Waals surface area contributed by atoms with Gasteiger partial charge in [0.1, 0.15) is 5.92 Å². The molecule has 4 aromatic rings. The number of hydrogen-bond acceptors (Lipinski definition) is 5. The van der Waals surface area contributed by atoms with Gasteiger partial charge >= 0.3 is 5.97 Å². The quantitative estimate of drug-likeness (QED) is 0.402. The van der Waals surface area contributed by atoms with Gasteiger partial charge in [-0.2, -0.15) is 0 Å². The van der Waals surface area contributed by atoms with E-state index in [9.17, 15) is 4.79 Å². The first-order chi connectivity index (χ1) is 14.6. The molecule has 5 heteroatoms. The van der Waals surface area contributed by atoms with Crippen molar-refractivity contribution in [2.75, 3.05) is 0 Å². The molecule has 0 N–H and O–H groups in total. The lowest BCUT2D eigenvalue weighted by Gasteiger charge is -2.19. The lowest BCUT2D eigenvalue weighted by molar-refractivity contribution is -0.150. The van der Waals surface area contributed by atoms with E-state index in [2.05, 4.69) is 10.2 Å². The first-order valence-corrected chi connectivity index (χ1v) is 9.82. The Balaban J connectivity index is 1.56. The summed E-state index contributed by atoms with van der Waals surface area (Å²) in [5.41, 5.74) is 3.66. The molecule has 0 amide bonds. The summed E-state index contributed by atoms with van der Waals surface area (Å²) in [5.74, 6) is -0.233. The molecule has 0 fully saturated rings. The third-order valence-electron chi connectivity index (χ3n) is 4.85. The molecule has 0 aliphatic rings. The Labute approximate surface area is 175 Å². The molecule has 0 unspecified atom stereocenters. The van der Waals surface area contributed by atoms with Crippen LogP contribution in [0.15, 0.2) is 89.3 Å². The second kappa shape index (κ2) is 8.74. The summed E-state index contributed by atoms with van der Waals surface area (Å²) in [6.07, 6.45) is -0.668. The van der Waals surface area contributed by atoms with E-state index < -0.39 is 12.0 Å². The van der Waals surface area contributed by atoms with E-state index in [0.29, 0.717) is 5.89 Å². The molecule has 0 saturated heterocycles. The summed E-state index contributed by atoms with van der Waals surface area (Å²) < 4.78 is 11.5. The summed E-state index contributed by atoms with van der Waals surface area (Å²) in [7, 11) is 0. The maximum atomic E-state index is 13.1. The Hall–Kier alpha value is -3.73. The molecule has 150 valence electrons. The number of rotatable bonds is 6. The molecule has 4 rings (SSSR count). The van der Waals surface area contributed by atoms with Crippen LogP contribution in [0.5, 0.6) is 0 Å². The van der Waals surface area contributed by atoms with Gasteiger partial charge in [-0.15, -0.1) is 10.2 Å². The van der Waals surface area contributed by atoms with Crippen LogP contribution in [0.25, 0.3) is 11.5 Å². The van der Waals surface area contributed by atoms with Crippen LogP contribution in [0, 0.1) is 6.92 Å². The Morgan fingerprint density at radius 1 is 0.867 bits per heavy atom. The van der Waals surface area contributed by atoms with Gasteiger partial charge in [-0.05, 0) is 37.1 Å². The number of carbonyl (C=O) groups excluding carboxylic acids is 1. The largest absolute Gasteiger partial charge is 0.452 e. The smallest absolute Gasteiger partial charge is 0.318 e. The van der Waals surface area contributed by atoms with Crippen LogP contribution >= 0.6 is 0 Å². The van der Waals surface area contributed by atoms with Gasteiger partial charge in [-0.1, -0.05) is 78.4 Å². The fourth-order valence-corrected chi connectivity index (χ4v) is 3.34. The average Bonchev–Trinajstić information content (AvgIpc) is 3.26. The van der Waals surface area contributed by atoms with Gasteiger partial charge in [0, 0.05) is 5.56 Å².